The van der Waals surface area contributed by atoms with Gasteiger partial charge in [-0.05, 0) is 32.4 Å². The lowest BCUT2D eigenvalue weighted by Gasteiger charge is -2.17. The van der Waals surface area contributed by atoms with Crippen molar-refractivity contribution < 1.29 is 0 Å². The number of fused-ring (bicyclic) bond motifs is 1. The highest BCUT2D eigenvalue weighted by atomic mass is 15.0. The average Bonchev–Trinajstić information content (AvgIpc) is 2.25. The number of rotatable bonds is 0. The summed E-state index contributed by atoms with van der Waals surface area (Å²) in [5.74, 6) is 0. The average molecular weight is 162 g/mol. The lowest BCUT2D eigenvalue weighted by molar-refractivity contribution is 0.594. The Morgan fingerprint density at radius 3 is 2.83 bits per heavy atom. The van der Waals surface area contributed by atoms with Crippen LogP contribution >= 0.6 is 0 Å². The van der Waals surface area contributed by atoms with Gasteiger partial charge in [-0.15, -0.1) is 0 Å². The summed E-state index contributed by atoms with van der Waals surface area (Å²) < 4.78 is 0. The summed E-state index contributed by atoms with van der Waals surface area (Å²) in [6.07, 6.45) is 1.02. The van der Waals surface area contributed by atoms with Gasteiger partial charge in [0.15, 0.2) is 0 Å². The first kappa shape index (κ1) is 7.47. The molecule has 1 aromatic rings. The van der Waals surface area contributed by atoms with E-state index in [4.69, 9.17) is 5.73 Å². The highest BCUT2D eigenvalue weighted by molar-refractivity contribution is 5.68. The minimum Gasteiger partial charge on any atom is -0.398 e. The molecule has 1 aliphatic heterocycles. The Kier molecular flexibility index (Phi) is 1.34. The van der Waals surface area contributed by atoms with E-state index >= 15 is 0 Å². The Balaban J connectivity index is 2.48. The first-order chi connectivity index (χ1) is 5.58. The molecule has 0 unspecified atom stereocenters. The maximum Gasteiger partial charge on any atom is 0.0398 e. The van der Waals surface area contributed by atoms with Crippen molar-refractivity contribution in [3.8, 4) is 0 Å². The van der Waals surface area contributed by atoms with Crippen LogP contribution < -0.4 is 11.1 Å². The first-order valence-electron chi connectivity index (χ1n) is 4.24. The molecule has 12 heavy (non-hydrogen) atoms. The quantitative estimate of drug-likeness (QED) is 0.573. The number of nitrogens with one attached hydrogen (secondary N) is 1. The van der Waals surface area contributed by atoms with Crippen molar-refractivity contribution >= 4 is 11.4 Å². The molecule has 0 fully saturated rings. The second kappa shape index (κ2) is 2.16. The molecule has 0 saturated heterocycles. The fourth-order valence-corrected chi connectivity index (χ4v) is 1.77. The van der Waals surface area contributed by atoms with Crippen molar-refractivity contribution in [2.75, 3.05) is 11.1 Å². The van der Waals surface area contributed by atoms with Crippen molar-refractivity contribution in [2.45, 2.75) is 25.8 Å². The van der Waals surface area contributed by atoms with Crippen LogP contribution in [0, 0.1) is 0 Å². The van der Waals surface area contributed by atoms with Gasteiger partial charge in [0.05, 0.1) is 0 Å². The summed E-state index contributed by atoms with van der Waals surface area (Å²) in [4.78, 5) is 0. The number of nitrogens with two attached hydrogens (primary N) is 1. The molecule has 0 atom stereocenters. The largest absolute Gasteiger partial charge is 0.398 e. The predicted octanol–water partition coefficient (Wildman–Crippen LogP) is 2.02. The van der Waals surface area contributed by atoms with Gasteiger partial charge in [0.2, 0.25) is 0 Å². The van der Waals surface area contributed by atoms with Gasteiger partial charge in [0.25, 0.3) is 0 Å². The van der Waals surface area contributed by atoms with Crippen molar-refractivity contribution in [3.05, 3.63) is 23.8 Å². The van der Waals surface area contributed by atoms with E-state index < -0.39 is 0 Å². The highest BCUT2D eigenvalue weighted by Gasteiger charge is 2.28. The van der Waals surface area contributed by atoms with E-state index in [2.05, 4.69) is 25.2 Å². The Bertz CT molecular complexity index is 316. The fraction of sp³-hybridized carbons (Fsp3) is 0.400. The maximum absolute atomic E-state index is 5.85. The number of hydrogen-bond acceptors (Lipinski definition) is 2. The minimum atomic E-state index is 0.164. The van der Waals surface area contributed by atoms with Crippen LogP contribution in [0.5, 0.6) is 0 Å². The van der Waals surface area contributed by atoms with Crippen LogP contribution in [0.2, 0.25) is 0 Å². The van der Waals surface area contributed by atoms with Gasteiger partial charge >= 0.3 is 0 Å². The Labute approximate surface area is 72.8 Å². The van der Waals surface area contributed by atoms with Crippen LogP contribution in [0.4, 0.5) is 11.4 Å². The maximum atomic E-state index is 5.85. The molecule has 0 saturated carbocycles. The lowest BCUT2D eigenvalue weighted by atomic mass is 9.99. The van der Waals surface area contributed by atoms with Crippen LogP contribution in [0.25, 0.3) is 0 Å². The summed E-state index contributed by atoms with van der Waals surface area (Å²) in [6.45, 7) is 4.37. The zero-order valence-electron chi connectivity index (χ0n) is 7.52. The monoisotopic (exact) mass is 162 g/mol. The molecule has 0 aromatic heterocycles. The third-order valence-corrected chi connectivity index (χ3v) is 2.30. The summed E-state index contributed by atoms with van der Waals surface area (Å²) in [5.41, 5.74) is 9.39. The molecular formula is C10H14N2. The van der Waals surface area contributed by atoms with Crippen LogP contribution in [-0.2, 0) is 6.42 Å². The molecule has 0 bridgehead atoms. The summed E-state index contributed by atoms with van der Waals surface area (Å²) in [7, 11) is 0. The third kappa shape index (κ3) is 1.04. The van der Waals surface area contributed by atoms with E-state index in [0.717, 1.165) is 12.1 Å². The van der Waals surface area contributed by atoms with Crippen LogP contribution in [0.1, 0.15) is 19.4 Å². The van der Waals surface area contributed by atoms with E-state index in [9.17, 15) is 0 Å². The Morgan fingerprint density at radius 2 is 2.17 bits per heavy atom. The third-order valence-electron chi connectivity index (χ3n) is 2.30. The van der Waals surface area contributed by atoms with Crippen molar-refractivity contribution in [2.24, 2.45) is 0 Å². The normalized spacial score (nSPS) is 18.5. The Morgan fingerprint density at radius 1 is 1.42 bits per heavy atom. The van der Waals surface area contributed by atoms with Gasteiger partial charge in [-0.25, -0.2) is 0 Å². The molecular weight excluding hydrogens is 148 g/mol. The molecule has 0 radical (unpaired) electrons. The van der Waals surface area contributed by atoms with Gasteiger partial charge < -0.3 is 11.1 Å². The topological polar surface area (TPSA) is 38.0 Å². The number of anilines is 2. The lowest BCUT2D eigenvalue weighted by Crippen LogP contribution is -2.27. The molecule has 64 valence electrons. The van der Waals surface area contributed by atoms with Gasteiger partial charge in [-0.1, -0.05) is 6.07 Å². The second-order valence-corrected chi connectivity index (χ2v) is 4.06. The van der Waals surface area contributed by atoms with Crippen LogP contribution in [0.3, 0.4) is 0 Å². The molecule has 1 aliphatic rings. The first-order valence-corrected chi connectivity index (χ1v) is 4.24. The molecule has 0 spiro atoms. The van der Waals surface area contributed by atoms with Crippen LogP contribution in [0.15, 0.2) is 18.2 Å². The van der Waals surface area contributed by atoms with Gasteiger partial charge in [-0.3, -0.25) is 0 Å². The van der Waals surface area contributed by atoms with Crippen LogP contribution in [-0.4, -0.2) is 5.54 Å². The van der Waals surface area contributed by atoms with Crippen molar-refractivity contribution in [1.29, 1.82) is 0 Å². The van der Waals surface area contributed by atoms with E-state index in [1.807, 2.05) is 12.1 Å². The molecule has 0 amide bonds. The van der Waals surface area contributed by atoms with E-state index in [1.165, 1.54) is 11.3 Å². The van der Waals surface area contributed by atoms with E-state index in [1.54, 1.807) is 0 Å². The number of hydrogen-bond donors (Lipinski definition) is 2. The Hall–Kier alpha value is -1.18. The highest BCUT2D eigenvalue weighted by Crippen LogP contribution is 2.35. The zero-order valence-corrected chi connectivity index (χ0v) is 7.52. The zero-order chi connectivity index (χ0) is 8.77. The molecule has 2 heteroatoms. The minimum absolute atomic E-state index is 0.164. The van der Waals surface area contributed by atoms with E-state index in [0.29, 0.717) is 0 Å². The number of nitrogen functional groups attached to an aromatic ring is 1. The predicted molar refractivity (Wildman–Crippen MR) is 52.3 cm³/mol. The van der Waals surface area contributed by atoms with E-state index in [-0.39, 0.29) is 5.54 Å². The summed E-state index contributed by atoms with van der Waals surface area (Å²) in [6, 6.07) is 6.03. The standard InChI is InChI=1S/C10H14N2/c1-10(2)6-7-8(11)4-3-5-9(7)12-10/h3-5,12H,6,11H2,1-2H3. The molecule has 2 rings (SSSR count). The van der Waals surface area contributed by atoms with Crippen molar-refractivity contribution in [1.82, 2.24) is 0 Å². The van der Waals surface area contributed by atoms with Gasteiger partial charge in [0, 0.05) is 22.5 Å². The molecule has 1 aromatic carbocycles. The van der Waals surface area contributed by atoms with Gasteiger partial charge in [0.1, 0.15) is 0 Å². The van der Waals surface area contributed by atoms with Gasteiger partial charge in [-0.2, -0.15) is 0 Å². The summed E-state index contributed by atoms with van der Waals surface area (Å²) >= 11 is 0. The number of benzene rings is 1. The SMILES string of the molecule is CC1(C)Cc2c(N)cccc2N1. The molecule has 1 heterocycles. The van der Waals surface area contributed by atoms with Crippen molar-refractivity contribution in [3.63, 3.8) is 0 Å². The smallest absolute Gasteiger partial charge is 0.0398 e. The second-order valence-electron chi connectivity index (χ2n) is 4.06. The molecule has 0 aliphatic carbocycles. The molecule has 3 N–H and O–H groups in total. The molecule has 2 nitrogen and oxygen atoms in total. The summed E-state index contributed by atoms with van der Waals surface area (Å²) in [5, 5.41) is 3.43. The fourth-order valence-electron chi connectivity index (χ4n) is 1.77.